The summed E-state index contributed by atoms with van der Waals surface area (Å²) in [6, 6.07) is 9.90. The van der Waals surface area contributed by atoms with E-state index in [4.69, 9.17) is 15.9 Å². The Morgan fingerprint density at radius 1 is 1.05 bits per heavy atom. The van der Waals surface area contributed by atoms with Crippen LogP contribution in [0.4, 0.5) is 4.39 Å². The third kappa shape index (κ3) is 2.91. The Hall–Kier alpha value is -2.36. The van der Waals surface area contributed by atoms with Crippen molar-refractivity contribution in [2.24, 2.45) is 5.73 Å². The molecule has 2 aromatic carbocycles. The van der Waals surface area contributed by atoms with Crippen LogP contribution in [0.3, 0.4) is 0 Å². The number of nitrogens with two attached hydrogens (primary N) is 1. The number of rotatable bonds is 3. The average molecular weight is 258 g/mol. The van der Waals surface area contributed by atoms with Crippen LogP contribution < -0.4 is 10.5 Å². The molecule has 0 aliphatic carbocycles. The van der Waals surface area contributed by atoms with Gasteiger partial charge in [0.25, 0.3) is 0 Å². The number of amidine groups is 1. The molecule has 19 heavy (non-hydrogen) atoms. The Balaban J connectivity index is 2.45. The Kier molecular flexibility index (Phi) is 3.51. The molecular formula is C15H15FN2O. The van der Waals surface area contributed by atoms with Crippen LogP contribution in [0.5, 0.6) is 11.5 Å². The molecule has 3 N–H and O–H groups in total. The molecule has 0 fully saturated rings. The van der Waals surface area contributed by atoms with Crippen molar-refractivity contribution in [2.45, 2.75) is 13.8 Å². The molecule has 0 aromatic heterocycles. The zero-order chi connectivity index (χ0) is 14.0. The van der Waals surface area contributed by atoms with E-state index < -0.39 is 5.82 Å². The number of aryl methyl sites for hydroxylation is 2. The molecule has 0 bridgehead atoms. The van der Waals surface area contributed by atoms with E-state index >= 15 is 0 Å². The van der Waals surface area contributed by atoms with Crippen LogP contribution in [-0.2, 0) is 0 Å². The summed E-state index contributed by atoms with van der Waals surface area (Å²) in [5.41, 5.74) is 7.79. The molecule has 3 nitrogen and oxygen atoms in total. The minimum Gasteiger partial charge on any atom is -0.453 e. The van der Waals surface area contributed by atoms with Crippen molar-refractivity contribution in [3.63, 3.8) is 0 Å². The van der Waals surface area contributed by atoms with Gasteiger partial charge in [0.05, 0.1) is 5.56 Å². The second-order valence-corrected chi connectivity index (χ2v) is 4.45. The first-order chi connectivity index (χ1) is 8.97. The predicted octanol–water partition coefficient (Wildman–Crippen LogP) is 3.52. The normalized spacial score (nSPS) is 10.3. The van der Waals surface area contributed by atoms with E-state index in [1.807, 2.05) is 19.9 Å². The van der Waals surface area contributed by atoms with Crippen molar-refractivity contribution < 1.29 is 9.13 Å². The number of hydrogen-bond donors (Lipinski definition) is 2. The summed E-state index contributed by atoms with van der Waals surface area (Å²) in [5.74, 6) is -0.0326. The molecule has 0 saturated heterocycles. The minimum atomic E-state index is -0.443. The highest BCUT2D eigenvalue weighted by Gasteiger charge is 2.11. The zero-order valence-electron chi connectivity index (χ0n) is 10.8. The maximum Gasteiger partial charge on any atom is 0.165 e. The number of hydrogen-bond acceptors (Lipinski definition) is 2. The topological polar surface area (TPSA) is 59.1 Å². The predicted molar refractivity (Wildman–Crippen MR) is 73.4 cm³/mol. The van der Waals surface area contributed by atoms with Gasteiger partial charge in [-0.2, -0.15) is 0 Å². The molecular weight excluding hydrogens is 243 g/mol. The van der Waals surface area contributed by atoms with Crippen LogP contribution in [0.2, 0.25) is 0 Å². The summed E-state index contributed by atoms with van der Waals surface area (Å²) in [4.78, 5) is 0. The standard InChI is InChI=1S/C15H15FN2O/c1-9-3-5-11(15(17)18)13(7-9)19-14-8-10(2)4-6-12(14)16/h3-8H,1-2H3,(H3,17,18). The first-order valence-corrected chi connectivity index (χ1v) is 5.86. The molecule has 0 unspecified atom stereocenters. The van der Waals surface area contributed by atoms with Crippen molar-refractivity contribution in [3.05, 3.63) is 58.9 Å². The minimum absolute atomic E-state index is 0.108. The van der Waals surface area contributed by atoms with Crippen molar-refractivity contribution in [1.29, 1.82) is 5.41 Å². The summed E-state index contributed by atoms with van der Waals surface area (Å²) in [6.45, 7) is 3.75. The van der Waals surface area contributed by atoms with E-state index in [0.29, 0.717) is 11.3 Å². The summed E-state index contributed by atoms with van der Waals surface area (Å²) in [6.07, 6.45) is 0. The summed E-state index contributed by atoms with van der Waals surface area (Å²) >= 11 is 0. The van der Waals surface area contributed by atoms with Crippen molar-refractivity contribution in [3.8, 4) is 11.5 Å². The van der Waals surface area contributed by atoms with Crippen LogP contribution in [0.1, 0.15) is 16.7 Å². The largest absolute Gasteiger partial charge is 0.453 e. The molecule has 0 aliphatic rings. The lowest BCUT2D eigenvalue weighted by molar-refractivity contribution is 0.440. The van der Waals surface area contributed by atoms with Crippen molar-refractivity contribution in [1.82, 2.24) is 0 Å². The lowest BCUT2D eigenvalue weighted by atomic mass is 10.1. The van der Waals surface area contributed by atoms with Gasteiger partial charge in [0.15, 0.2) is 11.6 Å². The summed E-state index contributed by atoms with van der Waals surface area (Å²) in [5, 5.41) is 7.51. The third-order valence-corrected chi connectivity index (χ3v) is 2.73. The van der Waals surface area contributed by atoms with E-state index in [-0.39, 0.29) is 11.6 Å². The van der Waals surface area contributed by atoms with Gasteiger partial charge in [0, 0.05) is 0 Å². The second-order valence-electron chi connectivity index (χ2n) is 4.45. The molecule has 0 spiro atoms. The summed E-state index contributed by atoms with van der Waals surface area (Å²) < 4.78 is 19.2. The fourth-order valence-corrected chi connectivity index (χ4v) is 1.74. The van der Waals surface area contributed by atoms with Crippen molar-refractivity contribution in [2.75, 3.05) is 0 Å². The summed E-state index contributed by atoms with van der Waals surface area (Å²) in [7, 11) is 0. The van der Waals surface area contributed by atoms with Crippen molar-refractivity contribution >= 4 is 5.84 Å². The SMILES string of the molecule is Cc1ccc(F)c(Oc2cc(C)ccc2C(=N)N)c1. The van der Waals surface area contributed by atoms with Gasteiger partial charge in [-0.25, -0.2) is 4.39 Å². The first kappa shape index (κ1) is 13.1. The molecule has 0 aliphatic heterocycles. The van der Waals surface area contributed by atoms with E-state index in [1.165, 1.54) is 6.07 Å². The highest BCUT2D eigenvalue weighted by atomic mass is 19.1. The number of nitrogen functional groups attached to an aromatic ring is 1. The third-order valence-electron chi connectivity index (χ3n) is 2.73. The van der Waals surface area contributed by atoms with Gasteiger partial charge in [-0.1, -0.05) is 12.1 Å². The van der Waals surface area contributed by atoms with Gasteiger partial charge < -0.3 is 10.5 Å². The van der Waals surface area contributed by atoms with E-state index in [2.05, 4.69) is 0 Å². The average Bonchev–Trinajstić information content (AvgIpc) is 2.33. The molecule has 0 radical (unpaired) electrons. The Bertz CT molecular complexity index is 638. The van der Waals surface area contributed by atoms with Gasteiger partial charge in [0.2, 0.25) is 0 Å². The molecule has 2 aromatic rings. The van der Waals surface area contributed by atoms with Crippen LogP contribution >= 0.6 is 0 Å². The number of halogens is 1. The Morgan fingerprint density at radius 3 is 2.26 bits per heavy atom. The molecule has 4 heteroatoms. The maximum atomic E-state index is 13.7. The lowest BCUT2D eigenvalue weighted by Crippen LogP contribution is -2.12. The van der Waals surface area contributed by atoms with Gasteiger partial charge in [-0.15, -0.1) is 0 Å². The van der Waals surface area contributed by atoms with Gasteiger partial charge >= 0.3 is 0 Å². The van der Waals surface area contributed by atoms with Gasteiger partial charge in [-0.3, -0.25) is 5.41 Å². The molecule has 0 atom stereocenters. The molecule has 0 heterocycles. The fourth-order valence-electron chi connectivity index (χ4n) is 1.74. The van der Waals surface area contributed by atoms with Crippen LogP contribution in [0, 0.1) is 25.1 Å². The molecule has 0 saturated carbocycles. The highest BCUT2D eigenvalue weighted by molar-refractivity contribution is 5.97. The van der Waals surface area contributed by atoms with Gasteiger partial charge in [0.1, 0.15) is 11.6 Å². The smallest absolute Gasteiger partial charge is 0.165 e. The van der Waals surface area contributed by atoms with E-state index in [0.717, 1.165) is 11.1 Å². The lowest BCUT2D eigenvalue weighted by Gasteiger charge is -2.12. The Morgan fingerprint density at radius 2 is 1.63 bits per heavy atom. The number of nitrogens with one attached hydrogen (secondary N) is 1. The molecule has 0 amide bonds. The van der Waals surface area contributed by atoms with Crippen LogP contribution in [0.15, 0.2) is 36.4 Å². The highest BCUT2D eigenvalue weighted by Crippen LogP contribution is 2.29. The quantitative estimate of drug-likeness (QED) is 0.653. The monoisotopic (exact) mass is 258 g/mol. The van der Waals surface area contributed by atoms with Crippen LogP contribution in [-0.4, -0.2) is 5.84 Å². The molecule has 2 rings (SSSR count). The zero-order valence-corrected chi connectivity index (χ0v) is 10.8. The first-order valence-electron chi connectivity index (χ1n) is 5.86. The maximum absolute atomic E-state index is 13.7. The molecule has 98 valence electrons. The number of benzene rings is 2. The second kappa shape index (κ2) is 5.10. The Labute approximate surface area is 111 Å². The van der Waals surface area contributed by atoms with Gasteiger partial charge in [-0.05, 0) is 49.2 Å². The van der Waals surface area contributed by atoms with E-state index in [1.54, 1.807) is 24.3 Å². The number of ether oxygens (including phenoxy) is 1. The van der Waals surface area contributed by atoms with E-state index in [9.17, 15) is 4.39 Å². The fraction of sp³-hybridized carbons (Fsp3) is 0.133. The van der Waals surface area contributed by atoms with Crippen LogP contribution in [0.25, 0.3) is 0 Å².